The summed E-state index contributed by atoms with van der Waals surface area (Å²) in [4.78, 5) is 16.7. The molecule has 3 N–H and O–H groups in total. The summed E-state index contributed by atoms with van der Waals surface area (Å²) < 4.78 is 16.1. The van der Waals surface area contributed by atoms with Crippen LogP contribution in [0.15, 0.2) is 29.3 Å². The van der Waals surface area contributed by atoms with Crippen LogP contribution in [0.3, 0.4) is 0 Å². The Balaban J connectivity index is 1.59. The first-order valence-corrected chi connectivity index (χ1v) is 10.3. The molecule has 1 aliphatic rings. The minimum atomic E-state index is -0.110. The van der Waals surface area contributed by atoms with Gasteiger partial charge >= 0.3 is 0 Å². The van der Waals surface area contributed by atoms with Crippen LogP contribution in [0.2, 0.25) is 0 Å². The zero-order chi connectivity index (χ0) is 20.7. The van der Waals surface area contributed by atoms with Gasteiger partial charge in [-0.25, -0.2) is 0 Å². The lowest BCUT2D eigenvalue weighted by atomic mass is 10.1. The van der Waals surface area contributed by atoms with Crippen molar-refractivity contribution < 1.29 is 19.0 Å². The molecule has 1 aromatic rings. The van der Waals surface area contributed by atoms with Gasteiger partial charge in [-0.3, -0.25) is 9.79 Å². The van der Waals surface area contributed by atoms with E-state index in [1.54, 1.807) is 31.4 Å². The molecule has 2 rings (SSSR count). The number of hydrogen-bond donors (Lipinski definition) is 3. The van der Waals surface area contributed by atoms with E-state index in [2.05, 4.69) is 20.9 Å². The first kappa shape index (κ1) is 23.0. The minimum Gasteiger partial charge on any atom is -0.497 e. The molecule has 1 aromatic carbocycles. The van der Waals surface area contributed by atoms with Gasteiger partial charge in [0.1, 0.15) is 5.75 Å². The molecule has 8 heteroatoms. The van der Waals surface area contributed by atoms with Gasteiger partial charge in [-0.2, -0.15) is 0 Å². The molecule has 1 heterocycles. The smallest absolute Gasteiger partial charge is 0.251 e. The van der Waals surface area contributed by atoms with Gasteiger partial charge in [-0.15, -0.1) is 0 Å². The first-order chi connectivity index (χ1) is 14.2. The summed E-state index contributed by atoms with van der Waals surface area (Å²) >= 11 is 0. The number of ether oxygens (including phenoxy) is 3. The van der Waals surface area contributed by atoms with Crippen LogP contribution in [0.1, 0.15) is 30.1 Å². The topological polar surface area (TPSA) is 93.2 Å². The van der Waals surface area contributed by atoms with Crippen LogP contribution in [-0.4, -0.2) is 71.6 Å². The maximum atomic E-state index is 12.1. The molecule has 0 radical (unpaired) electrons. The van der Waals surface area contributed by atoms with Crippen LogP contribution >= 0.6 is 0 Å². The lowest BCUT2D eigenvalue weighted by Crippen LogP contribution is -2.41. The predicted molar refractivity (Wildman–Crippen MR) is 114 cm³/mol. The molecular formula is C21H34N4O4. The number of rotatable bonds is 12. The second kappa shape index (κ2) is 13.8. The Bertz CT molecular complexity index is 616. The predicted octanol–water partition coefficient (Wildman–Crippen LogP) is 1.42. The molecule has 162 valence electrons. The quantitative estimate of drug-likeness (QED) is 0.276. The van der Waals surface area contributed by atoms with E-state index >= 15 is 0 Å². The molecule has 0 aromatic heterocycles. The van der Waals surface area contributed by atoms with E-state index in [1.165, 1.54) is 0 Å². The lowest BCUT2D eigenvalue weighted by Gasteiger charge is -2.12. The van der Waals surface area contributed by atoms with Crippen molar-refractivity contribution in [2.75, 3.05) is 59.7 Å². The number of nitrogens with one attached hydrogen (secondary N) is 3. The van der Waals surface area contributed by atoms with E-state index in [0.717, 1.165) is 50.9 Å². The van der Waals surface area contributed by atoms with Crippen LogP contribution < -0.4 is 20.7 Å². The molecule has 0 bridgehead atoms. The maximum Gasteiger partial charge on any atom is 0.251 e. The van der Waals surface area contributed by atoms with Crippen molar-refractivity contribution in [1.82, 2.24) is 16.0 Å². The Morgan fingerprint density at radius 2 is 2.00 bits per heavy atom. The van der Waals surface area contributed by atoms with E-state index in [4.69, 9.17) is 14.2 Å². The summed E-state index contributed by atoms with van der Waals surface area (Å²) in [5.74, 6) is 1.91. The highest BCUT2D eigenvalue weighted by atomic mass is 16.5. The second-order valence-corrected chi connectivity index (χ2v) is 6.83. The highest BCUT2D eigenvalue weighted by Gasteiger charge is 2.15. The Hall–Kier alpha value is -2.32. The van der Waals surface area contributed by atoms with Gasteiger partial charge in [-0.1, -0.05) is 0 Å². The molecule has 1 atom stereocenters. The summed E-state index contributed by atoms with van der Waals surface area (Å²) in [7, 11) is 1.60. The van der Waals surface area contributed by atoms with E-state index in [9.17, 15) is 4.79 Å². The fraction of sp³-hybridized carbons (Fsp3) is 0.619. The number of amides is 1. The van der Waals surface area contributed by atoms with Crippen LogP contribution in [0, 0.1) is 5.92 Å². The van der Waals surface area contributed by atoms with Gasteiger partial charge in [0.15, 0.2) is 5.96 Å². The largest absolute Gasteiger partial charge is 0.497 e. The standard InChI is InChI=1S/C21H34N4O4/c1-3-22-21(24-10-4-13-28-15-17-9-14-29-16-17)25-12-11-23-20(26)18-5-7-19(27-2)8-6-18/h5-8,17H,3-4,9-16H2,1-2H3,(H,23,26)(H2,22,24,25). The third-order valence-corrected chi connectivity index (χ3v) is 4.49. The van der Waals surface area contributed by atoms with Crippen molar-refractivity contribution in [1.29, 1.82) is 0 Å². The molecule has 0 aliphatic carbocycles. The van der Waals surface area contributed by atoms with Crippen molar-refractivity contribution in [3.8, 4) is 5.75 Å². The number of hydrogen-bond acceptors (Lipinski definition) is 5. The number of nitrogens with zero attached hydrogens (tertiary/aromatic N) is 1. The third-order valence-electron chi connectivity index (χ3n) is 4.49. The van der Waals surface area contributed by atoms with Crippen molar-refractivity contribution in [2.45, 2.75) is 19.8 Å². The van der Waals surface area contributed by atoms with E-state index < -0.39 is 0 Å². The number of guanidine groups is 1. The second-order valence-electron chi connectivity index (χ2n) is 6.83. The number of benzene rings is 1. The number of carbonyl (C=O) groups excluding carboxylic acids is 1. The molecule has 0 saturated carbocycles. The fourth-order valence-electron chi connectivity index (χ4n) is 2.87. The summed E-state index contributed by atoms with van der Waals surface area (Å²) in [6.07, 6.45) is 1.97. The Kier molecular flexibility index (Phi) is 10.9. The van der Waals surface area contributed by atoms with Crippen LogP contribution in [0.25, 0.3) is 0 Å². The van der Waals surface area contributed by atoms with Crippen LogP contribution in [0.5, 0.6) is 5.75 Å². The first-order valence-electron chi connectivity index (χ1n) is 10.3. The average molecular weight is 407 g/mol. The van der Waals surface area contributed by atoms with Crippen LogP contribution in [0.4, 0.5) is 0 Å². The summed E-state index contributed by atoms with van der Waals surface area (Å²) in [5, 5.41) is 9.32. The number of carbonyl (C=O) groups is 1. The average Bonchev–Trinajstić information content (AvgIpc) is 3.27. The summed E-state index contributed by atoms with van der Waals surface area (Å²) in [6.45, 7) is 7.74. The monoisotopic (exact) mass is 406 g/mol. The van der Waals surface area contributed by atoms with Crippen LogP contribution in [-0.2, 0) is 9.47 Å². The number of methoxy groups -OCH3 is 1. The fourth-order valence-corrected chi connectivity index (χ4v) is 2.87. The van der Waals surface area contributed by atoms with Crippen molar-refractivity contribution in [2.24, 2.45) is 10.9 Å². The zero-order valence-corrected chi connectivity index (χ0v) is 17.5. The zero-order valence-electron chi connectivity index (χ0n) is 17.5. The highest BCUT2D eigenvalue weighted by Crippen LogP contribution is 2.12. The molecule has 1 aliphatic heterocycles. The van der Waals surface area contributed by atoms with E-state index in [0.29, 0.717) is 37.7 Å². The molecule has 29 heavy (non-hydrogen) atoms. The molecule has 1 saturated heterocycles. The van der Waals surface area contributed by atoms with Crippen molar-refractivity contribution >= 4 is 11.9 Å². The third kappa shape index (κ3) is 9.15. The van der Waals surface area contributed by atoms with Gasteiger partial charge in [0, 0.05) is 50.9 Å². The Labute approximate surface area is 173 Å². The summed E-state index contributed by atoms with van der Waals surface area (Å²) in [5.41, 5.74) is 0.607. The van der Waals surface area contributed by atoms with Crippen molar-refractivity contribution in [3.63, 3.8) is 0 Å². The highest BCUT2D eigenvalue weighted by molar-refractivity contribution is 5.94. The molecule has 1 fully saturated rings. The molecule has 8 nitrogen and oxygen atoms in total. The van der Waals surface area contributed by atoms with E-state index in [1.807, 2.05) is 6.92 Å². The lowest BCUT2D eigenvalue weighted by molar-refractivity contribution is 0.0893. The van der Waals surface area contributed by atoms with Gasteiger partial charge in [-0.05, 0) is 44.0 Å². The SMILES string of the molecule is CCNC(=NCCCOCC1CCOC1)NCCNC(=O)c1ccc(OC)cc1. The van der Waals surface area contributed by atoms with E-state index in [-0.39, 0.29) is 5.91 Å². The summed E-state index contributed by atoms with van der Waals surface area (Å²) in [6, 6.07) is 7.03. The molecular weight excluding hydrogens is 372 g/mol. The van der Waals surface area contributed by atoms with Gasteiger partial charge < -0.3 is 30.2 Å². The maximum absolute atomic E-state index is 12.1. The van der Waals surface area contributed by atoms with Gasteiger partial charge in [0.2, 0.25) is 0 Å². The van der Waals surface area contributed by atoms with Gasteiger partial charge in [0.25, 0.3) is 5.91 Å². The van der Waals surface area contributed by atoms with Gasteiger partial charge in [0.05, 0.1) is 20.3 Å². The molecule has 1 amide bonds. The molecule has 0 spiro atoms. The molecule has 1 unspecified atom stereocenters. The van der Waals surface area contributed by atoms with Crippen molar-refractivity contribution in [3.05, 3.63) is 29.8 Å². The Morgan fingerprint density at radius 1 is 1.21 bits per heavy atom. The Morgan fingerprint density at radius 3 is 2.69 bits per heavy atom. The minimum absolute atomic E-state index is 0.110. The normalized spacial score (nSPS) is 16.5. The number of aliphatic imine (C=N–C) groups is 1.